The van der Waals surface area contributed by atoms with E-state index >= 15 is 0 Å². The number of aromatic nitrogens is 4. The summed E-state index contributed by atoms with van der Waals surface area (Å²) >= 11 is 1.35. The number of thioether (sulfide) groups is 1. The molecule has 106 valence electrons. The number of nitrogens with two attached hydrogens (primary N) is 1. The third-order valence-electron chi connectivity index (χ3n) is 2.85. The van der Waals surface area contributed by atoms with Gasteiger partial charge in [-0.3, -0.25) is 14.8 Å². The van der Waals surface area contributed by atoms with E-state index in [1.165, 1.54) is 17.8 Å². The molecule has 1 fully saturated rings. The van der Waals surface area contributed by atoms with Gasteiger partial charge in [0.1, 0.15) is 5.76 Å². The molecule has 2 aromatic rings. The summed E-state index contributed by atoms with van der Waals surface area (Å²) in [7, 11) is 0. The van der Waals surface area contributed by atoms with Gasteiger partial charge in [0, 0.05) is 12.1 Å². The largest absolute Gasteiger partial charge is 0.360 e. The van der Waals surface area contributed by atoms with Crippen molar-refractivity contribution in [3.63, 3.8) is 0 Å². The fourth-order valence-corrected chi connectivity index (χ4v) is 2.63. The number of hydrazine groups is 1. The Morgan fingerprint density at radius 3 is 3.15 bits per heavy atom. The lowest BCUT2D eigenvalue weighted by Crippen LogP contribution is -2.30. The fraction of sp³-hybridized carbons (Fsp3) is 0.400. The number of nitrogen functional groups attached to an aromatic ring is 1. The first-order valence-corrected chi connectivity index (χ1v) is 6.94. The number of nitrogens with one attached hydrogen (secondary N) is 2. The van der Waals surface area contributed by atoms with Crippen molar-refractivity contribution in [2.75, 3.05) is 0 Å². The van der Waals surface area contributed by atoms with Gasteiger partial charge in [-0.25, -0.2) is 15.7 Å². The van der Waals surface area contributed by atoms with E-state index in [2.05, 4.69) is 15.4 Å². The molecule has 0 saturated heterocycles. The number of hydrogen-bond acceptors (Lipinski definition) is 7. The highest BCUT2D eigenvalue weighted by molar-refractivity contribution is 7.98. The predicted molar refractivity (Wildman–Crippen MR) is 68.8 cm³/mol. The molecule has 1 aliphatic carbocycles. The van der Waals surface area contributed by atoms with Gasteiger partial charge in [-0.2, -0.15) is 0 Å². The Kier molecular flexibility index (Phi) is 3.32. The first-order valence-electron chi connectivity index (χ1n) is 5.95. The third kappa shape index (κ3) is 2.47. The fourth-order valence-electron chi connectivity index (χ4n) is 1.74. The zero-order valence-electron chi connectivity index (χ0n) is 10.3. The topological polar surface area (TPSA) is 132 Å². The van der Waals surface area contributed by atoms with E-state index in [1.54, 1.807) is 4.57 Å². The summed E-state index contributed by atoms with van der Waals surface area (Å²) in [6.07, 6.45) is 1.99. The average Bonchev–Trinajstić information content (AvgIpc) is 3.05. The number of carbonyl (C=O) groups is 1. The molecule has 0 bridgehead atoms. The van der Waals surface area contributed by atoms with Crippen LogP contribution in [-0.2, 0) is 5.75 Å². The Bertz CT molecular complexity index is 685. The number of H-pyrrole nitrogens is 1. The van der Waals surface area contributed by atoms with Crippen molar-refractivity contribution in [1.82, 2.24) is 25.3 Å². The monoisotopic (exact) mass is 296 g/mol. The van der Waals surface area contributed by atoms with Gasteiger partial charge in [0.2, 0.25) is 0 Å². The molecule has 0 radical (unpaired) electrons. The van der Waals surface area contributed by atoms with E-state index in [0.29, 0.717) is 16.7 Å². The molecule has 20 heavy (non-hydrogen) atoms. The number of nitrogens with zero attached hydrogens (tertiary/aromatic N) is 3. The van der Waals surface area contributed by atoms with Crippen LogP contribution in [0.4, 0.5) is 0 Å². The van der Waals surface area contributed by atoms with E-state index in [9.17, 15) is 9.59 Å². The van der Waals surface area contributed by atoms with Crippen LogP contribution in [0.2, 0.25) is 0 Å². The molecular weight excluding hydrogens is 284 g/mol. The van der Waals surface area contributed by atoms with Crippen LogP contribution in [-0.4, -0.2) is 25.8 Å². The summed E-state index contributed by atoms with van der Waals surface area (Å²) < 4.78 is 6.67. The van der Waals surface area contributed by atoms with Crippen LogP contribution < -0.4 is 17.0 Å². The zero-order chi connectivity index (χ0) is 14.1. The lowest BCUT2D eigenvalue weighted by molar-refractivity contribution is 0.0944. The number of hydrogen-bond donors (Lipinski definition) is 3. The van der Waals surface area contributed by atoms with Crippen LogP contribution in [0.15, 0.2) is 20.5 Å². The maximum atomic E-state index is 11.6. The molecule has 0 spiro atoms. The minimum absolute atomic E-state index is 0.115. The lowest BCUT2D eigenvalue weighted by Gasteiger charge is -2.00. The molecular formula is C10H12N6O3S. The standard InChI is InChI=1S/C10H12N6O3S/c11-12-8(17)7-3-6(19-15-7)4-20-10-14-13-9(18)16(10)5-1-2-5/h3,5H,1-2,4,11H2,(H,12,17)(H,13,18). The molecule has 9 nitrogen and oxygen atoms in total. The minimum atomic E-state index is -0.514. The third-order valence-corrected chi connectivity index (χ3v) is 3.83. The van der Waals surface area contributed by atoms with Crippen molar-refractivity contribution in [2.45, 2.75) is 29.8 Å². The highest BCUT2D eigenvalue weighted by Crippen LogP contribution is 2.36. The van der Waals surface area contributed by atoms with Gasteiger partial charge < -0.3 is 4.52 Å². The number of carbonyl (C=O) groups excluding carboxylic acids is 1. The number of rotatable bonds is 5. The lowest BCUT2D eigenvalue weighted by atomic mass is 10.4. The number of amides is 1. The van der Waals surface area contributed by atoms with Crippen LogP contribution in [0.5, 0.6) is 0 Å². The van der Waals surface area contributed by atoms with Crippen LogP contribution >= 0.6 is 11.8 Å². The van der Waals surface area contributed by atoms with Gasteiger partial charge in [-0.15, -0.1) is 5.10 Å². The first kappa shape index (κ1) is 12.9. The Morgan fingerprint density at radius 2 is 2.45 bits per heavy atom. The summed E-state index contributed by atoms with van der Waals surface area (Å²) in [5.41, 5.74) is 1.89. The highest BCUT2D eigenvalue weighted by atomic mass is 32.2. The molecule has 0 aromatic carbocycles. The Hall–Kier alpha value is -2.07. The quantitative estimate of drug-likeness (QED) is 0.301. The molecule has 3 rings (SSSR count). The molecule has 0 unspecified atom stereocenters. The molecule has 0 aliphatic heterocycles. The molecule has 1 aliphatic rings. The van der Waals surface area contributed by atoms with Gasteiger partial charge in [0.15, 0.2) is 10.9 Å². The second-order valence-corrected chi connectivity index (χ2v) is 5.30. The molecule has 10 heteroatoms. The van der Waals surface area contributed by atoms with Crippen LogP contribution in [0.3, 0.4) is 0 Å². The van der Waals surface area contributed by atoms with E-state index in [4.69, 9.17) is 10.4 Å². The van der Waals surface area contributed by atoms with Gasteiger partial charge in [0.25, 0.3) is 5.91 Å². The van der Waals surface area contributed by atoms with Crippen molar-refractivity contribution in [2.24, 2.45) is 5.84 Å². The summed E-state index contributed by atoms with van der Waals surface area (Å²) in [6.45, 7) is 0. The Morgan fingerprint density at radius 1 is 1.65 bits per heavy atom. The van der Waals surface area contributed by atoms with Crippen molar-refractivity contribution in [1.29, 1.82) is 0 Å². The molecule has 2 aromatic heterocycles. The van der Waals surface area contributed by atoms with Gasteiger partial charge >= 0.3 is 5.69 Å². The van der Waals surface area contributed by atoms with Crippen LogP contribution in [0.1, 0.15) is 35.1 Å². The highest BCUT2D eigenvalue weighted by Gasteiger charge is 2.28. The van der Waals surface area contributed by atoms with E-state index in [0.717, 1.165) is 12.8 Å². The summed E-state index contributed by atoms with van der Waals surface area (Å²) in [5.74, 6) is 5.41. The van der Waals surface area contributed by atoms with Crippen LogP contribution in [0, 0.1) is 0 Å². The van der Waals surface area contributed by atoms with Crippen molar-refractivity contribution in [3.05, 3.63) is 28.0 Å². The normalized spacial score (nSPS) is 14.4. The molecule has 1 saturated carbocycles. The maximum absolute atomic E-state index is 11.6. The van der Waals surface area contributed by atoms with Gasteiger partial charge in [0.05, 0.1) is 5.75 Å². The number of aromatic amines is 1. The first-order chi connectivity index (χ1) is 9.69. The maximum Gasteiger partial charge on any atom is 0.344 e. The Labute approximate surface area is 116 Å². The van der Waals surface area contributed by atoms with Gasteiger partial charge in [-0.05, 0) is 12.8 Å². The Balaban J connectivity index is 1.69. The SMILES string of the molecule is NNC(=O)c1cc(CSc2n[nH]c(=O)n2C2CC2)on1. The molecule has 4 N–H and O–H groups in total. The second-order valence-electron chi connectivity index (χ2n) is 4.35. The molecule has 1 amide bonds. The summed E-state index contributed by atoms with van der Waals surface area (Å²) in [5, 5.41) is 10.6. The summed E-state index contributed by atoms with van der Waals surface area (Å²) in [6, 6.07) is 1.75. The molecule has 2 heterocycles. The van der Waals surface area contributed by atoms with E-state index < -0.39 is 5.91 Å². The van der Waals surface area contributed by atoms with Crippen molar-refractivity contribution in [3.8, 4) is 0 Å². The van der Waals surface area contributed by atoms with Crippen molar-refractivity contribution < 1.29 is 9.32 Å². The summed E-state index contributed by atoms with van der Waals surface area (Å²) in [4.78, 5) is 22.8. The molecule has 0 atom stereocenters. The van der Waals surface area contributed by atoms with Gasteiger partial charge in [-0.1, -0.05) is 16.9 Å². The van der Waals surface area contributed by atoms with Crippen LogP contribution in [0.25, 0.3) is 0 Å². The minimum Gasteiger partial charge on any atom is -0.360 e. The second kappa shape index (κ2) is 5.13. The smallest absolute Gasteiger partial charge is 0.344 e. The van der Waals surface area contributed by atoms with E-state index in [-0.39, 0.29) is 17.4 Å². The zero-order valence-corrected chi connectivity index (χ0v) is 11.1. The predicted octanol–water partition coefficient (Wildman–Crippen LogP) is -0.210. The van der Waals surface area contributed by atoms with Crippen molar-refractivity contribution >= 4 is 17.7 Å². The van der Waals surface area contributed by atoms with E-state index in [1.807, 2.05) is 5.43 Å². The average molecular weight is 296 g/mol.